The standard InChI is InChI=1S/C14H21NO3/c1-14(2,3)12(9-16)15-13(17)18-10-11-7-5-4-6-8-11/h4-8,12,16H,9-10H2,1-3H3,(H,15,17). The number of amides is 1. The first-order valence-electron chi connectivity index (χ1n) is 6.01. The maximum Gasteiger partial charge on any atom is 0.407 e. The van der Waals surface area contributed by atoms with Crippen molar-refractivity contribution in [1.82, 2.24) is 5.32 Å². The van der Waals surface area contributed by atoms with E-state index in [1.54, 1.807) is 0 Å². The molecule has 0 aromatic heterocycles. The third-order valence-corrected chi connectivity index (χ3v) is 2.73. The summed E-state index contributed by atoms with van der Waals surface area (Å²) in [5.74, 6) is 0. The molecule has 1 aromatic rings. The van der Waals surface area contributed by atoms with Gasteiger partial charge in [0.15, 0.2) is 0 Å². The zero-order valence-corrected chi connectivity index (χ0v) is 11.1. The van der Waals surface area contributed by atoms with E-state index in [1.807, 2.05) is 51.1 Å². The lowest BCUT2D eigenvalue weighted by Gasteiger charge is -2.29. The topological polar surface area (TPSA) is 58.6 Å². The minimum Gasteiger partial charge on any atom is -0.445 e. The van der Waals surface area contributed by atoms with E-state index in [4.69, 9.17) is 4.74 Å². The molecule has 18 heavy (non-hydrogen) atoms. The number of hydrogen-bond donors (Lipinski definition) is 2. The van der Waals surface area contributed by atoms with Crippen LogP contribution < -0.4 is 5.32 Å². The van der Waals surface area contributed by atoms with Crippen LogP contribution in [0.4, 0.5) is 4.79 Å². The van der Waals surface area contributed by atoms with Crippen LogP contribution >= 0.6 is 0 Å². The average Bonchev–Trinajstić information content (AvgIpc) is 2.33. The van der Waals surface area contributed by atoms with Gasteiger partial charge in [0.25, 0.3) is 0 Å². The van der Waals surface area contributed by atoms with Gasteiger partial charge in [0.1, 0.15) is 6.61 Å². The Morgan fingerprint density at radius 1 is 1.33 bits per heavy atom. The van der Waals surface area contributed by atoms with Crippen LogP contribution in [-0.2, 0) is 11.3 Å². The first-order chi connectivity index (χ1) is 8.43. The van der Waals surface area contributed by atoms with E-state index in [0.717, 1.165) is 5.56 Å². The number of nitrogens with one attached hydrogen (secondary N) is 1. The molecule has 0 saturated heterocycles. The summed E-state index contributed by atoms with van der Waals surface area (Å²) >= 11 is 0. The maximum atomic E-state index is 11.6. The second-order valence-electron chi connectivity index (χ2n) is 5.31. The fourth-order valence-corrected chi connectivity index (χ4v) is 1.44. The van der Waals surface area contributed by atoms with Gasteiger partial charge < -0.3 is 15.2 Å². The van der Waals surface area contributed by atoms with Gasteiger partial charge in [0.2, 0.25) is 0 Å². The van der Waals surface area contributed by atoms with E-state index in [-0.39, 0.29) is 24.7 Å². The molecule has 0 bridgehead atoms. The molecule has 100 valence electrons. The van der Waals surface area contributed by atoms with Crippen LogP contribution in [0.15, 0.2) is 30.3 Å². The Kier molecular flexibility index (Phi) is 5.16. The average molecular weight is 251 g/mol. The van der Waals surface area contributed by atoms with Crippen LogP contribution in [0, 0.1) is 5.41 Å². The zero-order chi connectivity index (χ0) is 13.6. The van der Waals surface area contributed by atoms with Crippen molar-refractivity contribution in [3.8, 4) is 0 Å². The summed E-state index contributed by atoms with van der Waals surface area (Å²) in [6.45, 7) is 5.97. The molecule has 0 radical (unpaired) electrons. The molecular weight excluding hydrogens is 230 g/mol. The van der Waals surface area contributed by atoms with Crippen molar-refractivity contribution in [3.63, 3.8) is 0 Å². The minimum absolute atomic E-state index is 0.107. The van der Waals surface area contributed by atoms with Gasteiger partial charge in [-0.2, -0.15) is 0 Å². The molecule has 1 rings (SSSR count). The quantitative estimate of drug-likeness (QED) is 0.863. The highest BCUT2D eigenvalue weighted by atomic mass is 16.5. The van der Waals surface area contributed by atoms with Gasteiger partial charge in [-0.05, 0) is 11.0 Å². The number of carbonyl (C=O) groups excluding carboxylic acids is 1. The first kappa shape index (κ1) is 14.5. The van der Waals surface area contributed by atoms with E-state index in [9.17, 15) is 9.90 Å². The summed E-state index contributed by atoms with van der Waals surface area (Å²) in [5, 5.41) is 11.9. The highest BCUT2D eigenvalue weighted by Gasteiger charge is 2.25. The summed E-state index contributed by atoms with van der Waals surface area (Å²) in [7, 11) is 0. The van der Waals surface area contributed by atoms with E-state index < -0.39 is 6.09 Å². The van der Waals surface area contributed by atoms with E-state index in [1.165, 1.54) is 0 Å². The molecule has 1 amide bonds. The van der Waals surface area contributed by atoms with Gasteiger partial charge in [-0.3, -0.25) is 0 Å². The Balaban J connectivity index is 2.42. The van der Waals surface area contributed by atoms with Crippen molar-refractivity contribution in [2.24, 2.45) is 5.41 Å². The third kappa shape index (κ3) is 4.75. The molecule has 4 nitrogen and oxygen atoms in total. The predicted octanol–water partition coefficient (Wildman–Crippen LogP) is 2.32. The second kappa shape index (κ2) is 6.40. The first-order valence-corrected chi connectivity index (χ1v) is 6.01. The molecule has 2 N–H and O–H groups in total. The number of aliphatic hydroxyl groups excluding tert-OH is 1. The fraction of sp³-hybridized carbons (Fsp3) is 0.500. The Hall–Kier alpha value is -1.55. The SMILES string of the molecule is CC(C)(C)C(CO)NC(=O)OCc1ccccc1. The third-order valence-electron chi connectivity index (χ3n) is 2.73. The molecule has 4 heteroatoms. The van der Waals surface area contributed by atoms with Crippen molar-refractivity contribution < 1.29 is 14.6 Å². The van der Waals surface area contributed by atoms with Crippen molar-refractivity contribution in [3.05, 3.63) is 35.9 Å². The van der Waals surface area contributed by atoms with E-state index >= 15 is 0 Å². The summed E-state index contributed by atoms with van der Waals surface area (Å²) < 4.78 is 5.09. The Morgan fingerprint density at radius 2 is 1.94 bits per heavy atom. The lowest BCUT2D eigenvalue weighted by atomic mass is 9.87. The van der Waals surface area contributed by atoms with Crippen molar-refractivity contribution in [2.75, 3.05) is 6.61 Å². The number of hydrogen-bond acceptors (Lipinski definition) is 3. The molecule has 0 fully saturated rings. The molecule has 0 saturated carbocycles. The summed E-state index contributed by atoms with van der Waals surface area (Å²) in [5.41, 5.74) is 0.726. The van der Waals surface area contributed by atoms with Crippen LogP contribution in [0.3, 0.4) is 0 Å². The lowest BCUT2D eigenvalue weighted by Crippen LogP contribution is -2.46. The van der Waals surface area contributed by atoms with Crippen molar-refractivity contribution in [1.29, 1.82) is 0 Å². The van der Waals surface area contributed by atoms with Gasteiger partial charge in [0.05, 0.1) is 12.6 Å². The molecule has 0 heterocycles. The number of aliphatic hydroxyl groups is 1. The zero-order valence-electron chi connectivity index (χ0n) is 11.1. The summed E-state index contributed by atoms with van der Waals surface area (Å²) in [6, 6.07) is 9.15. The highest BCUT2D eigenvalue weighted by Crippen LogP contribution is 2.18. The van der Waals surface area contributed by atoms with Crippen LogP contribution in [0.1, 0.15) is 26.3 Å². The molecule has 0 aliphatic heterocycles. The number of alkyl carbamates (subject to hydrolysis) is 1. The minimum atomic E-state index is -0.507. The molecule has 1 unspecified atom stereocenters. The fourth-order valence-electron chi connectivity index (χ4n) is 1.44. The summed E-state index contributed by atoms with van der Waals surface area (Å²) in [4.78, 5) is 11.6. The van der Waals surface area contributed by atoms with Crippen LogP contribution in [-0.4, -0.2) is 23.8 Å². The molecule has 0 aliphatic carbocycles. The van der Waals surface area contributed by atoms with Crippen LogP contribution in [0.25, 0.3) is 0 Å². The van der Waals surface area contributed by atoms with Crippen LogP contribution in [0.5, 0.6) is 0 Å². The molecule has 0 aliphatic rings. The van der Waals surface area contributed by atoms with Gasteiger partial charge in [-0.1, -0.05) is 51.1 Å². The Morgan fingerprint density at radius 3 is 2.44 bits per heavy atom. The van der Waals surface area contributed by atoms with Gasteiger partial charge in [-0.15, -0.1) is 0 Å². The van der Waals surface area contributed by atoms with Crippen molar-refractivity contribution in [2.45, 2.75) is 33.4 Å². The highest BCUT2D eigenvalue weighted by molar-refractivity contribution is 5.67. The maximum absolute atomic E-state index is 11.6. The molecule has 1 atom stereocenters. The number of ether oxygens (including phenoxy) is 1. The molecule has 0 spiro atoms. The Bertz CT molecular complexity index is 370. The van der Waals surface area contributed by atoms with Gasteiger partial charge in [-0.25, -0.2) is 4.79 Å². The normalized spacial score (nSPS) is 12.9. The van der Waals surface area contributed by atoms with E-state index in [2.05, 4.69) is 5.32 Å². The molecular formula is C14H21NO3. The summed E-state index contributed by atoms with van der Waals surface area (Å²) in [6.07, 6.45) is -0.507. The largest absolute Gasteiger partial charge is 0.445 e. The number of benzene rings is 1. The number of rotatable bonds is 4. The lowest BCUT2D eigenvalue weighted by molar-refractivity contribution is 0.109. The van der Waals surface area contributed by atoms with Crippen molar-refractivity contribution >= 4 is 6.09 Å². The molecule has 1 aromatic carbocycles. The van der Waals surface area contributed by atoms with Gasteiger partial charge in [0, 0.05) is 0 Å². The van der Waals surface area contributed by atoms with Crippen LogP contribution in [0.2, 0.25) is 0 Å². The second-order valence-corrected chi connectivity index (χ2v) is 5.31. The van der Waals surface area contributed by atoms with Gasteiger partial charge >= 0.3 is 6.09 Å². The smallest absolute Gasteiger partial charge is 0.407 e. The number of carbonyl (C=O) groups is 1. The monoisotopic (exact) mass is 251 g/mol. The predicted molar refractivity (Wildman–Crippen MR) is 70.1 cm³/mol. The Labute approximate surface area is 108 Å². The van der Waals surface area contributed by atoms with E-state index in [0.29, 0.717) is 0 Å².